The van der Waals surface area contributed by atoms with Gasteiger partial charge in [0.25, 0.3) is 11.8 Å². The molecule has 0 aliphatic carbocycles. The Balaban J connectivity index is 1.64. The molecule has 1 fully saturated rings. The molecule has 1 atom stereocenters. The molecule has 0 aromatic heterocycles. The lowest BCUT2D eigenvalue weighted by atomic mass is 10.1. The molecular weight excluding hydrogens is 356 g/mol. The fourth-order valence-corrected chi connectivity index (χ4v) is 3.21. The minimum atomic E-state index is -0.998. The fraction of sp³-hybridized carbons (Fsp3) is 0.318. The molecule has 6 nitrogen and oxygen atoms in total. The van der Waals surface area contributed by atoms with Crippen molar-refractivity contribution in [3.63, 3.8) is 0 Å². The van der Waals surface area contributed by atoms with Crippen LogP contribution in [0.1, 0.15) is 40.4 Å². The molecule has 1 aliphatic rings. The number of amides is 2. The van der Waals surface area contributed by atoms with Gasteiger partial charge in [-0.1, -0.05) is 48.0 Å². The third-order valence-electron chi connectivity index (χ3n) is 4.67. The van der Waals surface area contributed by atoms with Gasteiger partial charge < -0.3 is 15.0 Å². The van der Waals surface area contributed by atoms with Crippen molar-refractivity contribution in [2.45, 2.75) is 25.9 Å². The maximum atomic E-state index is 12.8. The predicted molar refractivity (Wildman–Crippen MR) is 105 cm³/mol. The monoisotopic (exact) mass is 380 g/mol. The van der Waals surface area contributed by atoms with Crippen LogP contribution in [0.4, 0.5) is 0 Å². The first-order chi connectivity index (χ1) is 13.5. The van der Waals surface area contributed by atoms with E-state index in [0.29, 0.717) is 24.2 Å². The average Bonchev–Trinajstić information content (AvgIpc) is 3.25. The zero-order valence-corrected chi connectivity index (χ0v) is 15.9. The first-order valence-corrected chi connectivity index (χ1v) is 9.42. The fourth-order valence-electron chi connectivity index (χ4n) is 3.21. The Morgan fingerprint density at radius 3 is 2.43 bits per heavy atom. The summed E-state index contributed by atoms with van der Waals surface area (Å²) < 4.78 is 5.48. The molecule has 3 rings (SSSR count). The predicted octanol–water partition coefficient (Wildman–Crippen LogP) is 2.63. The lowest BCUT2D eigenvalue weighted by molar-refractivity contribution is -0.159. The van der Waals surface area contributed by atoms with Gasteiger partial charge >= 0.3 is 5.97 Å². The maximum Gasteiger partial charge on any atom is 0.326 e. The number of hydrogen-bond acceptors (Lipinski definition) is 4. The average molecular weight is 380 g/mol. The topological polar surface area (TPSA) is 75.7 Å². The van der Waals surface area contributed by atoms with Gasteiger partial charge in [-0.3, -0.25) is 14.4 Å². The quantitative estimate of drug-likeness (QED) is 0.782. The highest BCUT2D eigenvalue weighted by molar-refractivity contribution is 5.96. The van der Waals surface area contributed by atoms with Crippen LogP contribution in [-0.2, 0) is 14.3 Å². The van der Waals surface area contributed by atoms with Gasteiger partial charge in [-0.15, -0.1) is 0 Å². The summed E-state index contributed by atoms with van der Waals surface area (Å²) >= 11 is 0. The SMILES string of the molecule is Cc1cccc(C(=O)NCC(=O)O[C@H](C(=O)N2CCCC2)c2ccccc2)c1. The van der Waals surface area contributed by atoms with Crippen LogP contribution in [0.15, 0.2) is 54.6 Å². The number of ether oxygens (including phenoxy) is 1. The first-order valence-electron chi connectivity index (χ1n) is 9.42. The van der Waals surface area contributed by atoms with E-state index >= 15 is 0 Å². The number of esters is 1. The standard InChI is InChI=1S/C22H24N2O4/c1-16-8-7-11-18(14-16)21(26)23-15-19(25)28-20(17-9-3-2-4-10-17)22(27)24-12-5-6-13-24/h2-4,7-11,14,20H,5-6,12-13,15H2,1H3,(H,23,26)/t20-/m0/s1. The number of benzene rings is 2. The summed E-state index contributed by atoms with van der Waals surface area (Å²) in [6, 6.07) is 16.0. The van der Waals surface area contributed by atoms with Gasteiger partial charge in [0, 0.05) is 24.2 Å². The minimum absolute atomic E-state index is 0.220. The summed E-state index contributed by atoms with van der Waals surface area (Å²) in [5, 5.41) is 2.55. The normalized spacial score (nSPS) is 14.4. The van der Waals surface area contributed by atoms with Gasteiger partial charge in [0.05, 0.1) is 0 Å². The second-order valence-electron chi connectivity index (χ2n) is 6.87. The van der Waals surface area contributed by atoms with Crippen LogP contribution in [0.3, 0.4) is 0 Å². The number of hydrogen-bond donors (Lipinski definition) is 1. The molecule has 2 amide bonds. The van der Waals surface area contributed by atoms with Gasteiger partial charge in [0.15, 0.2) is 0 Å². The van der Waals surface area contributed by atoms with Crippen LogP contribution < -0.4 is 5.32 Å². The first kappa shape index (κ1) is 19.6. The number of carbonyl (C=O) groups is 3. The highest BCUT2D eigenvalue weighted by atomic mass is 16.5. The van der Waals surface area contributed by atoms with Crippen LogP contribution in [0.2, 0.25) is 0 Å². The summed E-state index contributed by atoms with van der Waals surface area (Å²) in [7, 11) is 0. The molecule has 0 unspecified atom stereocenters. The lowest BCUT2D eigenvalue weighted by Crippen LogP contribution is -2.37. The van der Waals surface area contributed by atoms with Gasteiger partial charge in [-0.2, -0.15) is 0 Å². The van der Waals surface area contributed by atoms with E-state index in [2.05, 4.69) is 5.32 Å². The highest BCUT2D eigenvalue weighted by Crippen LogP contribution is 2.22. The van der Waals surface area contributed by atoms with E-state index in [1.165, 1.54) is 0 Å². The Hall–Kier alpha value is -3.15. The number of rotatable bonds is 6. The van der Waals surface area contributed by atoms with Crippen molar-refractivity contribution in [1.82, 2.24) is 10.2 Å². The minimum Gasteiger partial charge on any atom is -0.446 e. The highest BCUT2D eigenvalue weighted by Gasteiger charge is 2.30. The van der Waals surface area contributed by atoms with Crippen molar-refractivity contribution in [1.29, 1.82) is 0 Å². The van der Waals surface area contributed by atoms with E-state index < -0.39 is 12.1 Å². The van der Waals surface area contributed by atoms with Crippen molar-refractivity contribution in [3.8, 4) is 0 Å². The molecule has 1 heterocycles. The van der Waals surface area contributed by atoms with E-state index in [4.69, 9.17) is 4.74 Å². The van der Waals surface area contributed by atoms with E-state index in [1.54, 1.807) is 47.4 Å². The largest absolute Gasteiger partial charge is 0.446 e. The summed E-state index contributed by atoms with van der Waals surface area (Å²) in [5.74, 6) is -1.23. The van der Waals surface area contributed by atoms with E-state index in [9.17, 15) is 14.4 Å². The molecule has 1 N–H and O–H groups in total. The Kier molecular flexibility index (Phi) is 6.42. The Bertz CT molecular complexity index is 845. The van der Waals surface area contributed by atoms with Crippen molar-refractivity contribution in [3.05, 3.63) is 71.3 Å². The Labute approximate surface area is 164 Å². The molecule has 28 heavy (non-hydrogen) atoms. The van der Waals surface area contributed by atoms with Gasteiger partial charge in [-0.25, -0.2) is 0 Å². The Morgan fingerprint density at radius 1 is 1.04 bits per heavy atom. The van der Waals surface area contributed by atoms with Crippen LogP contribution in [-0.4, -0.2) is 42.3 Å². The zero-order chi connectivity index (χ0) is 19.9. The number of carbonyl (C=O) groups excluding carboxylic acids is 3. The van der Waals surface area contributed by atoms with Gasteiger partial charge in [0.2, 0.25) is 6.10 Å². The van der Waals surface area contributed by atoms with Gasteiger partial charge in [-0.05, 0) is 31.9 Å². The van der Waals surface area contributed by atoms with Crippen LogP contribution in [0.5, 0.6) is 0 Å². The molecule has 1 saturated heterocycles. The zero-order valence-electron chi connectivity index (χ0n) is 15.9. The lowest BCUT2D eigenvalue weighted by Gasteiger charge is -2.23. The van der Waals surface area contributed by atoms with Crippen molar-refractivity contribution >= 4 is 17.8 Å². The second kappa shape index (κ2) is 9.17. The third kappa shape index (κ3) is 4.97. The van der Waals surface area contributed by atoms with Crippen molar-refractivity contribution in [2.75, 3.05) is 19.6 Å². The molecule has 2 aromatic carbocycles. The summed E-state index contributed by atoms with van der Waals surface area (Å²) in [5.41, 5.74) is 2.05. The van der Waals surface area contributed by atoms with E-state index in [-0.39, 0.29) is 18.4 Å². The Morgan fingerprint density at radius 2 is 1.75 bits per heavy atom. The van der Waals surface area contributed by atoms with Crippen molar-refractivity contribution in [2.24, 2.45) is 0 Å². The number of nitrogens with one attached hydrogen (secondary N) is 1. The molecule has 1 aliphatic heterocycles. The molecule has 146 valence electrons. The number of aryl methyl sites for hydroxylation is 1. The molecule has 0 radical (unpaired) electrons. The number of nitrogens with zero attached hydrogens (tertiary/aromatic N) is 1. The third-order valence-corrected chi connectivity index (χ3v) is 4.67. The molecule has 2 aromatic rings. The van der Waals surface area contributed by atoms with E-state index in [0.717, 1.165) is 18.4 Å². The molecular formula is C22H24N2O4. The van der Waals surface area contributed by atoms with Crippen LogP contribution >= 0.6 is 0 Å². The van der Waals surface area contributed by atoms with E-state index in [1.807, 2.05) is 19.1 Å². The summed E-state index contributed by atoms with van der Waals surface area (Å²) in [6.07, 6.45) is 0.907. The smallest absolute Gasteiger partial charge is 0.326 e. The van der Waals surface area contributed by atoms with Crippen molar-refractivity contribution < 1.29 is 19.1 Å². The second-order valence-corrected chi connectivity index (χ2v) is 6.87. The van der Waals surface area contributed by atoms with Gasteiger partial charge in [0.1, 0.15) is 6.54 Å². The molecule has 0 bridgehead atoms. The maximum absolute atomic E-state index is 12.8. The summed E-state index contributed by atoms with van der Waals surface area (Å²) in [4.78, 5) is 39.1. The molecule has 6 heteroatoms. The summed E-state index contributed by atoms with van der Waals surface area (Å²) in [6.45, 7) is 2.93. The molecule has 0 spiro atoms. The molecule has 0 saturated carbocycles. The van der Waals surface area contributed by atoms with Crippen LogP contribution in [0.25, 0.3) is 0 Å². The van der Waals surface area contributed by atoms with Crippen LogP contribution in [0, 0.1) is 6.92 Å². The number of likely N-dealkylation sites (tertiary alicyclic amines) is 1.